The molecule has 1 N–H and O–H groups in total. The van der Waals surface area contributed by atoms with Crippen molar-refractivity contribution >= 4 is 24.5 Å². The minimum absolute atomic E-state index is 0.152. The Labute approximate surface area is 185 Å². The molecule has 0 spiro atoms. The maximum atomic E-state index is 12.0. The summed E-state index contributed by atoms with van der Waals surface area (Å²) < 4.78 is 1.37. The van der Waals surface area contributed by atoms with Crippen molar-refractivity contribution in [1.29, 1.82) is 0 Å². The van der Waals surface area contributed by atoms with E-state index in [-0.39, 0.29) is 6.03 Å². The van der Waals surface area contributed by atoms with Gasteiger partial charge >= 0.3 is 6.03 Å². The van der Waals surface area contributed by atoms with Crippen LogP contribution in [-0.2, 0) is 0 Å². The molecule has 0 aromatic heterocycles. The number of nitrogens with zero attached hydrogens (tertiary/aromatic N) is 1. The molecule has 0 aliphatic rings. The van der Waals surface area contributed by atoms with Gasteiger partial charge in [0.05, 0.1) is 5.69 Å². The molecule has 0 saturated carbocycles. The zero-order chi connectivity index (χ0) is 21.0. The molecule has 0 unspecified atom stereocenters. The lowest BCUT2D eigenvalue weighted by atomic mass is 10.0. The number of para-hydroxylation sites is 1. The average Bonchev–Trinajstić information content (AvgIpc) is 2.75. The van der Waals surface area contributed by atoms with Crippen molar-refractivity contribution in [1.82, 2.24) is 5.32 Å². The molecule has 1 rings (SSSR count). The predicted octanol–water partition coefficient (Wildman–Crippen LogP) is 8.31. The Bertz CT molecular complexity index is 495. The first-order valence-electron chi connectivity index (χ1n) is 12.1. The molecule has 166 valence electrons. The van der Waals surface area contributed by atoms with E-state index in [0.717, 1.165) is 18.7 Å². The minimum atomic E-state index is -0.152. The van der Waals surface area contributed by atoms with Crippen molar-refractivity contribution in [2.75, 3.05) is 10.8 Å². The van der Waals surface area contributed by atoms with Gasteiger partial charge in [0.1, 0.15) is 0 Å². The number of carbonyl (C=O) groups is 1. The van der Waals surface area contributed by atoms with Gasteiger partial charge in [0.25, 0.3) is 0 Å². The summed E-state index contributed by atoms with van der Waals surface area (Å²) in [5.41, 5.74) is 0.792. The van der Waals surface area contributed by atoms with E-state index in [0.29, 0.717) is 0 Å². The molecule has 4 heteroatoms. The smallest absolute Gasteiger partial charge is 0.331 e. The molecule has 0 heterocycles. The monoisotopic (exact) mass is 420 g/mol. The number of amides is 2. The largest absolute Gasteiger partial charge is 0.337 e. The first-order valence-corrected chi connectivity index (χ1v) is 12.5. The van der Waals surface area contributed by atoms with Crippen LogP contribution in [0.3, 0.4) is 0 Å². The molecule has 29 heavy (non-hydrogen) atoms. The number of hydrogen-bond donors (Lipinski definition) is 2. The Hall–Kier alpha value is -1.16. The Morgan fingerprint density at radius 1 is 0.724 bits per heavy atom. The van der Waals surface area contributed by atoms with Crippen LogP contribution >= 0.6 is 12.8 Å². The number of anilines is 1. The molecule has 0 radical (unpaired) electrons. The second-order valence-electron chi connectivity index (χ2n) is 8.18. The van der Waals surface area contributed by atoms with Crippen LogP contribution in [0.1, 0.15) is 110 Å². The zero-order valence-corrected chi connectivity index (χ0v) is 19.6. The first kappa shape index (κ1) is 25.9. The quantitative estimate of drug-likeness (QED) is 0.182. The Kier molecular flexibility index (Phi) is 16.8. The van der Waals surface area contributed by atoms with Gasteiger partial charge in [-0.25, -0.2) is 9.10 Å². The average molecular weight is 421 g/mol. The molecule has 0 saturated heterocycles. The Morgan fingerprint density at radius 3 is 1.59 bits per heavy atom. The number of rotatable bonds is 18. The van der Waals surface area contributed by atoms with Gasteiger partial charge in [-0.05, 0) is 18.6 Å². The van der Waals surface area contributed by atoms with E-state index in [1.54, 1.807) is 0 Å². The molecule has 0 bridgehead atoms. The van der Waals surface area contributed by atoms with Crippen molar-refractivity contribution in [3.63, 3.8) is 0 Å². The highest BCUT2D eigenvalue weighted by Crippen LogP contribution is 2.15. The lowest BCUT2D eigenvalue weighted by molar-refractivity contribution is 0.249. The van der Waals surface area contributed by atoms with E-state index < -0.39 is 0 Å². The van der Waals surface area contributed by atoms with Crippen LogP contribution in [0.15, 0.2) is 30.3 Å². The van der Waals surface area contributed by atoms with Gasteiger partial charge < -0.3 is 5.32 Å². The van der Waals surface area contributed by atoms with Gasteiger partial charge in [-0.3, -0.25) is 0 Å². The third-order valence-electron chi connectivity index (χ3n) is 5.50. The third kappa shape index (κ3) is 14.5. The molecule has 0 fully saturated rings. The van der Waals surface area contributed by atoms with Gasteiger partial charge in [-0.1, -0.05) is 134 Å². The highest BCUT2D eigenvalue weighted by Gasteiger charge is 2.10. The molecule has 0 aliphatic heterocycles. The minimum Gasteiger partial charge on any atom is -0.337 e. The molecule has 0 aliphatic carbocycles. The predicted molar refractivity (Wildman–Crippen MR) is 131 cm³/mol. The lowest BCUT2D eigenvalue weighted by Gasteiger charge is -2.16. The fourth-order valence-electron chi connectivity index (χ4n) is 3.63. The van der Waals surface area contributed by atoms with Crippen LogP contribution in [-0.4, -0.2) is 12.6 Å². The maximum Gasteiger partial charge on any atom is 0.331 e. The molecular formula is C25H44N2OS. The number of hydrogen-bond acceptors (Lipinski definition) is 2. The summed E-state index contributed by atoms with van der Waals surface area (Å²) in [5, 5.41) is 2.94. The van der Waals surface area contributed by atoms with Gasteiger partial charge in [-0.2, -0.15) is 0 Å². The second kappa shape index (κ2) is 18.8. The topological polar surface area (TPSA) is 32.3 Å². The SMILES string of the molecule is CCCCCCCCCCCCCCCCCCNC(=O)N(S)c1ccccc1. The molecule has 1 aromatic carbocycles. The van der Waals surface area contributed by atoms with Crippen molar-refractivity contribution < 1.29 is 4.79 Å². The lowest BCUT2D eigenvalue weighted by Crippen LogP contribution is -2.34. The summed E-state index contributed by atoms with van der Waals surface area (Å²) in [6.45, 7) is 3.01. The fourth-order valence-corrected chi connectivity index (χ4v) is 3.83. The Balaban J connectivity index is 1.81. The van der Waals surface area contributed by atoms with E-state index >= 15 is 0 Å². The normalized spacial score (nSPS) is 10.8. The van der Waals surface area contributed by atoms with Crippen LogP contribution < -0.4 is 9.62 Å². The molecule has 2 amide bonds. The van der Waals surface area contributed by atoms with Gasteiger partial charge in [0.15, 0.2) is 0 Å². The number of urea groups is 1. The van der Waals surface area contributed by atoms with E-state index in [1.807, 2.05) is 30.3 Å². The summed E-state index contributed by atoms with van der Waals surface area (Å²) in [7, 11) is 0. The number of benzene rings is 1. The fraction of sp³-hybridized carbons (Fsp3) is 0.720. The molecular weight excluding hydrogens is 376 g/mol. The van der Waals surface area contributed by atoms with Crippen LogP contribution in [0.5, 0.6) is 0 Å². The van der Waals surface area contributed by atoms with Crippen molar-refractivity contribution in [3.8, 4) is 0 Å². The summed E-state index contributed by atoms with van der Waals surface area (Å²) >= 11 is 4.27. The van der Waals surface area contributed by atoms with Crippen molar-refractivity contribution in [2.24, 2.45) is 0 Å². The van der Waals surface area contributed by atoms with Crippen LogP contribution in [0.25, 0.3) is 0 Å². The molecule has 0 atom stereocenters. The van der Waals surface area contributed by atoms with Gasteiger partial charge in [0.2, 0.25) is 0 Å². The number of carbonyl (C=O) groups excluding carboxylic acids is 1. The highest BCUT2D eigenvalue weighted by atomic mass is 32.1. The third-order valence-corrected chi connectivity index (χ3v) is 5.91. The van der Waals surface area contributed by atoms with E-state index in [4.69, 9.17) is 0 Å². The number of nitrogens with one attached hydrogen (secondary N) is 1. The summed E-state index contributed by atoms with van der Waals surface area (Å²) in [6.07, 6.45) is 21.8. The molecule has 3 nitrogen and oxygen atoms in total. The van der Waals surface area contributed by atoms with Crippen LogP contribution in [0.4, 0.5) is 10.5 Å². The number of thiol groups is 1. The van der Waals surface area contributed by atoms with E-state index in [2.05, 4.69) is 25.1 Å². The summed E-state index contributed by atoms with van der Waals surface area (Å²) in [6, 6.07) is 9.34. The zero-order valence-electron chi connectivity index (χ0n) is 18.7. The Morgan fingerprint density at radius 2 is 1.14 bits per heavy atom. The van der Waals surface area contributed by atoms with Crippen LogP contribution in [0, 0.1) is 0 Å². The van der Waals surface area contributed by atoms with Gasteiger partial charge in [0, 0.05) is 6.54 Å². The summed E-state index contributed by atoms with van der Waals surface area (Å²) in [4.78, 5) is 12.0. The second-order valence-corrected chi connectivity index (χ2v) is 8.58. The van der Waals surface area contributed by atoms with Crippen LogP contribution in [0.2, 0.25) is 0 Å². The standard InChI is InChI=1S/C25H44N2OS/c1-2-3-4-5-6-7-8-9-10-11-12-13-14-15-16-20-23-26-25(28)27(29)24-21-18-17-19-22-24/h17-19,21-22,29H,2-16,20,23H2,1H3,(H,26,28). The van der Waals surface area contributed by atoms with Crippen molar-refractivity contribution in [2.45, 2.75) is 110 Å². The summed E-state index contributed by atoms with van der Waals surface area (Å²) in [5.74, 6) is 0. The maximum absolute atomic E-state index is 12.0. The van der Waals surface area contributed by atoms with E-state index in [1.165, 1.54) is 101 Å². The number of unbranched alkanes of at least 4 members (excludes halogenated alkanes) is 15. The molecule has 1 aromatic rings. The van der Waals surface area contributed by atoms with Crippen molar-refractivity contribution in [3.05, 3.63) is 30.3 Å². The highest BCUT2D eigenvalue weighted by molar-refractivity contribution is 7.82. The van der Waals surface area contributed by atoms with Gasteiger partial charge in [-0.15, -0.1) is 0 Å². The first-order chi connectivity index (χ1) is 14.3. The van der Waals surface area contributed by atoms with E-state index in [9.17, 15) is 4.79 Å².